The number of hydrogen-bond acceptors (Lipinski definition) is 3. The highest BCUT2D eigenvalue weighted by atomic mass is 16.5. The average Bonchev–Trinajstić information content (AvgIpc) is 2.31. The van der Waals surface area contributed by atoms with Gasteiger partial charge in [0.05, 0.1) is 6.61 Å². The Labute approximate surface area is 100 Å². The van der Waals surface area contributed by atoms with E-state index < -0.39 is 11.8 Å². The average molecular weight is 236 g/mol. The van der Waals surface area contributed by atoms with Crippen molar-refractivity contribution in [3.8, 4) is 5.75 Å². The van der Waals surface area contributed by atoms with Crippen molar-refractivity contribution < 1.29 is 19.4 Å². The van der Waals surface area contributed by atoms with Crippen molar-refractivity contribution in [1.29, 1.82) is 0 Å². The van der Waals surface area contributed by atoms with Gasteiger partial charge in [-0.1, -0.05) is 31.5 Å². The maximum Gasteiger partial charge on any atom is 0.372 e. The Morgan fingerprint density at radius 2 is 2.00 bits per heavy atom. The molecule has 0 fully saturated rings. The molecule has 0 bridgehead atoms. The van der Waals surface area contributed by atoms with E-state index in [-0.39, 0.29) is 6.42 Å². The minimum absolute atomic E-state index is 0.127. The number of carbonyl (C=O) groups is 2. The van der Waals surface area contributed by atoms with Crippen LogP contribution in [0.5, 0.6) is 5.75 Å². The molecule has 0 aliphatic rings. The van der Waals surface area contributed by atoms with Crippen molar-refractivity contribution >= 4 is 11.8 Å². The summed E-state index contributed by atoms with van der Waals surface area (Å²) < 4.78 is 5.51. The lowest BCUT2D eigenvalue weighted by Crippen LogP contribution is -2.15. The topological polar surface area (TPSA) is 63.6 Å². The summed E-state index contributed by atoms with van der Waals surface area (Å²) in [5.41, 5.74) is 0.621. The van der Waals surface area contributed by atoms with Crippen LogP contribution in [0.4, 0.5) is 0 Å². The number of aliphatic carboxylic acids is 1. The molecule has 0 amide bonds. The van der Waals surface area contributed by atoms with E-state index in [9.17, 15) is 9.59 Å². The molecule has 0 aliphatic carbocycles. The number of carboxylic acid groups (broad SMARTS) is 1. The Morgan fingerprint density at radius 1 is 1.29 bits per heavy atom. The molecule has 0 radical (unpaired) electrons. The molecule has 4 nitrogen and oxygen atoms in total. The number of rotatable bonds is 7. The molecule has 1 rings (SSSR count). The Morgan fingerprint density at radius 3 is 2.65 bits per heavy atom. The fourth-order valence-corrected chi connectivity index (χ4v) is 1.37. The third-order valence-corrected chi connectivity index (χ3v) is 2.32. The van der Waals surface area contributed by atoms with Gasteiger partial charge in [0, 0.05) is 12.0 Å². The molecular formula is C13H16O4. The number of para-hydroxylation sites is 1. The molecule has 92 valence electrons. The number of ether oxygens (including phenoxy) is 1. The number of benzene rings is 1. The summed E-state index contributed by atoms with van der Waals surface area (Å²) in [6.07, 6.45) is 1.83. The van der Waals surface area contributed by atoms with Gasteiger partial charge < -0.3 is 9.84 Å². The first-order valence-electron chi connectivity index (χ1n) is 5.62. The maximum atomic E-state index is 11.1. The SMILES string of the molecule is CCCCOc1ccccc1CC(=O)C(=O)O. The predicted octanol–water partition coefficient (Wildman–Crippen LogP) is 2.06. The maximum absolute atomic E-state index is 11.1. The monoisotopic (exact) mass is 236 g/mol. The Kier molecular flexibility index (Phi) is 5.20. The van der Waals surface area contributed by atoms with Crippen molar-refractivity contribution in [2.75, 3.05) is 6.61 Å². The van der Waals surface area contributed by atoms with E-state index in [1.165, 1.54) is 0 Å². The molecule has 4 heteroatoms. The van der Waals surface area contributed by atoms with Crippen LogP contribution < -0.4 is 4.74 Å². The zero-order valence-corrected chi connectivity index (χ0v) is 9.81. The second kappa shape index (κ2) is 6.68. The molecule has 0 saturated carbocycles. The molecule has 0 aliphatic heterocycles. The molecule has 0 aromatic heterocycles. The molecule has 0 atom stereocenters. The normalized spacial score (nSPS) is 9.94. The summed E-state index contributed by atoms with van der Waals surface area (Å²) in [7, 11) is 0. The van der Waals surface area contributed by atoms with Gasteiger partial charge in [0.15, 0.2) is 0 Å². The third kappa shape index (κ3) is 4.26. The van der Waals surface area contributed by atoms with Crippen LogP contribution in [0.2, 0.25) is 0 Å². The standard InChI is InChI=1S/C13H16O4/c1-2-3-8-17-12-7-5-4-6-10(12)9-11(14)13(15)16/h4-7H,2-3,8-9H2,1H3,(H,15,16). The number of hydrogen-bond donors (Lipinski definition) is 1. The molecular weight excluding hydrogens is 220 g/mol. The number of unbranched alkanes of at least 4 members (excludes halogenated alkanes) is 1. The van der Waals surface area contributed by atoms with Crippen LogP contribution in [0.25, 0.3) is 0 Å². The summed E-state index contributed by atoms with van der Waals surface area (Å²) in [5, 5.41) is 8.56. The quantitative estimate of drug-likeness (QED) is 0.581. The fraction of sp³-hybridized carbons (Fsp3) is 0.385. The van der Waals surface area contributed by atoms with Crippen molar-refractivity contribution in [3.63, 3.8) is 0 Å². The smallest absolute Gasteiger partial charge is 0.372 e. The number of ketones is 1. The van der Waals surface area contributed by atoms with Gasteiger partial charge in [0.25, 0.3) is 0 Å². The fourth-order valence-electron chi connectivity index (χ4n) is 1.37. The predicted molar refractivity (Wildman–Crippen MR) is 63.2 cm³/mol. The van der Waals surface area contributed by atoms with Crippen LogP contribution in [0.3, 0.4) is 0 Å². The summed E-state index contributed by atoms with van der Waals surface area (Å²) >= 11 is 0. The minimum Gasteiger partial charge on any atom is -0.493 e. The molecule has 1 aromatic carbocycles. The van der Waals surface area contributed by atoms with Crippen LogP contribution in [0, 0.1) is 0 Å². The van der Waals surface area contributed by atoms with E-state index in [1.807, 2.05) is 0 Å². The Balaban J connectivity index is 2.70. The molecule has 1 aromatic rings. The van der Waals surface area contributed by atoms with E-state index in [0.29, 0.717) is 17.9 Å². The highest BCUT2D eigenvalue weighted by Gasteiger charge is 2.14. The van der Waals surface area contributed by atoms with E-state index >= 15 is 0 Å². The van der Waals surface area contributed by atoms with Gasteiger partial charge in [0.2, 0.25) is 5.78 Å². The zero-order chi connectivity index (χ0) is 12.7. The molecule has 17 heavy (non-hydrogen) atoms. The lowest BCUT2D eigenvalue weighted by atomic mass is 10.1. The van der Waals surface area contributed by atoms with E-state index in [4.69, 9.17) is 9.84 Å². The first kappa shape index (κ1) is 13.2. The second-order valence-corrected chi connectivity index (χ2v) is 3.71. The summed E-state index contributed by atoms with van der Waals surface area (Å²) in [6.45, 7) is 2.64. The van der Waals surface area contributed by atoms with Crippen LogP contribution in [0.1, 0.15) is 25.3 Å². The van der Waals surface area contributed by atoms with Crippen molar-refractivity contribution in [2.24, 2.45) is 0 Å². The lowest BCUT2D eigenvalue weighted by Gasteiger charge is -2.09. The molecule has 0 saturated heterocycles. The minimum atomic E-state index is -1.41. The van der Waals surface area contributed by atoms with Crippen LogP contribution in [0.15, 0.2) is 24.3 Å². The van der Waals surface area contributed by atoms with Gasteiger partial charge >= 0.3 is 5.97 Å². The Hall–Kier alpha value is -1.84. The number of Topliss-reactive ketones (excluding diaryl/α,β-unsaturated/α-hetero) is 1. The van der Waals surface area contributed by atoms with Gasteiger partial charge in [-0.25, -0.2) is 4.79 Å². The first-order chi connectivity index (χ1) is 8.15. The van der Waals surface area contributed by atoms with Gasteiger partial charge in [-0.15, -0.1) is 0 Å². The third-order valence-electron chi connectivity index (χ3n) is 2.32. The van der Waals surface area contributed by atoms with Crippen molar-refractivity contribution in [2.45, 2.75) is 26.2 Å². The number of carboxylic acids is 1. The van der Waals surface area contributed by atoms with Crippen LogP contribution in [-0.2, 0) is 16.0 Å². The van der Waals surface area contributed by atoms with Crippen LogP contribution >= 0.6 is 0 Å². The molecule has 0 unspecified atom stereocenters. The van der Waals surface area contributed by atoms with E-state index in [2.05, 4.69) is 6.92 Å². The van der Waals surface area contributed by atoms with Crippen molar-refractivity contribution in [3.05, 3.63) is 29.8 Å². The summed E-state index contributed by atoms with van der Waals surface area (Å²) in [4.78, 5) is 21.6. The highest BCUT2D eigenvalue weighted by Crippen LogP contribution is 2.19. The number of carbonyl (C=O) groups excluding carboxylic acids is 1. The van der Waals surface area contributed by atoms with Crippen LogP contribution in [-0.4, -0.2) is 23.5 Å². The first-order valence-corrected chi connectivity index (χ1v) is 5.62. The molecule has 0 spiro atoms. The van der Waals surface area contributed by atoms with Gasteiger partial charge in [-0.3, -0.25) is 4.79 Å². The summed E-state index contributed by atoms with van der Waals surface area (Å²) in [6, 6.07) is 7.02. The highest BCUT2D eigenvalue weighted by molar-refractivity contribution is 6.33. The second-order valence-electron chi connectivity index (χ2n) is 3.71. The van der Waals surface area contributed by atoms with Crippen molar-refractivity contribution in [1.82, 2.24) is 0 Å². The molecule has 1 N–H and O–H groups in total. The van der Waals surface area contributed by atoms with E-state index in [0.717, 1.165) is 12.8 Å². The van der Waals surface area contributed by atoms with Gasteiger partial charge in [0.1, 0.15) is 5.75 Å². The largest absolute Gasteiger partial charge is 0.493 e. The zero-order valence-electron chi connectivity index (χ0n) is 9.81. The van der Waals surface area contributed by atoms with E-state index in [1.54, 1.807) is 24.3 Å². The lowest BCUT2D eigenvalue weighted by molar-refractivity contribution is -0.148. The summed E-state index contributed by atoms with van der Waals surface area (Å²) in [5.74, 6) is -1.64. The van der Waals surface area contributed by atoms with Gasteiger partial charge in [-0.2, -0.15) is 0 Å². The Bertz CT molecular complexity index is 398. The molecule has 0 heterocycles. The van der Waals surface area contributed by atoms with Gasteiger partial charge in [-0.05, 0) is 12.5 Å².